The van der Waals surface area contributed by atoms with Gasteiger partial charge >= 0.3 is 5.97 Å². The predicted molar refractivity (Wildman–Crippen MR) is 128 cm³/mol. The van der Waals surface area contributed by atoms with Crippen LogP contribution in [0.25, 0.3) is 21.9 Å². The molecule has 3 aromatic rings. The number of ether oxygens (including phenoxy) is 2. The first-order valence-electron chi connectivity index (χ1n) is 10.9. The van der Waals surface area contributed by atoms with Crippen molar-refractivity contribution < 1.29 is 19.1 Å². The molecular formula is C26H30N2O5. The van der Waals surface area contributed by atoms with Crippen molar-refractivity contribution in [3.05, 3.63) is 64.6 Å². The number of benzene rings is 2. The Morgan fingerprint density at radius 3 is 2.36 bits per heavy atom. The van der Waals surface area contributed by atoms with Crippen molar-refractivity contribution in [1.82, 2.24) is 10.3 Å². The van der Waals surface area contributed by atoms with Crippen molar-refractivity contribution in [2.75, 3.05) is 0 Å². The smallest absolute Gasteiger partial charge is 0.328 e. The number of aromatic amines is 1. The van der Waals surface area contributed by atoms with Gasteiger partial charge in [-0.25, -0.2) is 4.79 Å². The summed E-state index contributed by atoms with van der Waals surface area (Å²) in [5.41, 5.74) is 2.13. The second-order valence-electron chi connectivity index (χ2n) is 9.08. The first-order valence-corrected chi connectivity index (χ1v) is 10.9. The monoisotopic (exact) mass is 450 g/mol. The molecule has 0 bridgehead atoms. The van der Waals surface area contributed by atoms with E-state index in [9.17, 15) is 14.4 Å². The number of H-pyrrole nitrogens is 1. The van der Waals surface area contributed by atoms with E-state index in [2.05, 4.69) is 10.3 Å². The number of carbonyl (C=O) groups is 2. The molecule has 0 aliphatic rings. The van der Waals surface area contributed by atoms with Crippen LogP contribution in [0.5, 0.6) is 5.75 Å². The maximum atomic E-state index is 12.5. The van der Waals surface area contributed by atoms with E-state index in [4.69, 9.17) is 9.47 Å². The van der Waals surface area contributed by atoms with Crippen LogP contribution in [0.3, 0.4) is 0 Å². The molecule has 33 heavy (non-hydrogen) atoms. The van der Waals surface area contributed by atoms with Crippen molar-refractivity contribution in [2.24, 2.45) is 0 Å². The molecule has 0 aliphatic carbocycles. The quantitative estimate of drug-likeness (QED) is 0.551. The molecule has 2 aromatic carbocycles. The van der Waals surface area contributed by atoms with Gasteiger partial charge in [0.2, 0.25) is 0 Å². The van der Waals surface area contributed by atoms with Gasteiger partial charge in [-0.3, -0.25) is 9.59 Å². The molecule has 1 heterocycles. The van der Waals surface area contributed by atoms with E-state index < -0.39 is 29.6 Å². The number of amides is 1. The second-order valence-corrected chi connectivity index (χ2v) is 9.08. The number of fused-ring (bicyclic) bond motifs is 1. The number of aromatic nitrogens is 1. The van der Waals surface area contributed by atoms with E-state index in [1.165, 1.54) is 0 Å². The molecule has 2 N–H and O–H groups in total. The lowest BCUT2D eigenvalue weighted by Crippen LogP contribution is -2.46. The second kappa shape index (κ2) is 9.48. The summed E-state index contributed by atoms with van der Waals surface area (Å²) >= 11 is 0. The minimum atomic E-state index is -0.883. The largest absolute Gasteiger partial charge is 0.481 e. The molecule has 0 saturated carbocycles. The van der Waals surface area contributed by atoms with E-state index in [-0.39, 0.29) is 5.56 Å². The highest BCUT2D eigenvalue weighted by atomic mass is 16.6. The van der Waals surface area contributed by atoms with Gasteiger partial charge in [0.05, 0.1) is 5.39 Å². The van der Waals surface area contributed by atoms with Gasteiger partial charge < -0.3 is 19.8 Å². The third kappa shape index (κ3) is 5.80. The highest BCUT2D eigenvalue weighted by molar-refractivity contribution is 5.97. The maximum Gasteiger partial charge on any atom is 0.328 e. The number of pyridine rings is 1. The SMILES string of the molecule is Cc1ccccc1-c1c[nH]c(=O)c2cc(O[C@H](C)C(=O)N[C@@H](C)C(=O)OC(C)(C)C)ccc12. The van der Waals surface area contributed by atoms with Crippen molar-refractivity contribution in [3.63, 3.8) is 0 Å². The van der Waals surface area contributed by atoms with E-state index in [0.29, 0.717) is 11.1 Å². The highest BCUT2D eigenvalue weighted by Gasteiger charge is 2.25. The van der Waals surface area contributed by atoms with Gasteiger partial charge in [0, 0.05) is 11.8 Å². The summed E-state index contributed by atoms with van der Waals surface area (Å²) in [5, 5.41) is 3.85. The van der Waals surface area contributed by atoms with Crippen molar-refractivity contribution in [1.29, 1.82) is 0 Å². The third-order valence-corrected chi connectivity index (χ3v) is 5.11. The highest BCUT2D eigenvalue weighted by Crippen LogP contribution is 2.30. The zero-order chi connectivity index (χ0) is 24.3. The summed E-state index contributed by atoms with van der Waals surface area (Å²) < 4.78 is 11.1. The Balaban J connectivity index is 1.79. The third-order valence-electron chi connectivity index (χ3n) is 5.11. The molecule has 7 nitrogen and oxygen atoms in total. The number of aryl methyl sites for hydroxylation is 1. The normalized spacial score (nSPS) is 13.3. The van der Waals surface area contributed by atoms with Gasteiger partial charge in [0.15, 0.2) is 6.10 Å². The van der Waals surface area contributed by atoms with Crippen LogP contribution in [0.4, 0.5) is 0 Å². The summed E-state index contributed by atoms with van der Waals surface area (Å²) in [6.45, 7) is 10.4. The van der Waals surface area contributed by atoms with Gasteiger partial charge in [-0.05, 0) is 76.3 Å². The first kappa shape index (κ1) is 24.0. The lowest BCUT2D eigenvalue weighted by atomic mass is 9.97. The molecule has 3 rings (SSSR count). The van der Waals surface area contributed by atoms with E-state index in [0.717, 1.165) is 22.1 Å². The molecule has 1 amide bonds. The average molecular weight is 451 g/mol. The lowest BCUT2D eigenvalue weighted by Gasteiger charge is -2.23. The van der Waals surface area contributed by atoms with E-state index in [1.54, 1.807) is 52.9 Å². The van der Waals surface area contributed by atoms with Crippen molar-refractivity contribution in [2.45, 2.75) is 59.3 Å². The molecular weight excluding hydrogens is 420 g/mol. The van der Waals surface area contributed by atoms with Crippen LogP contribution < -0.4 is 15.6 Å². The molecule has 0 aliphatic heterocycles. The Bertz CT molecular complexity index is 1240. The lowest BCUT2D eigenvalue weighted by molar-refractivity contribution is -0.158. The zero-order valence-corrected chi connectivity index (χ0v) is 19.8. The number of esters is 1. The van der Waals surface area contributed by atoms with Crippen LogP contribution in [0.15, 0.2) is 53.5 Å². The first-order chi connectivity index (χ1) is 15.5. The van der Waals surface area contributed by atoms with Gasteiger partial charge in [-0.15, -0.1) is 0 Å². The predicted octanol–water partition coefficient (Wildman–Crippen LogP) is 4.12. The molecule has 0 saturated heterocycles. The molecule has 0 radical (unpaired) electrons. The fraction of sp³-hybridized carbons (Fsp3) is 0.346. The van der Waals surface area contributed by atoms with Crippen LogP contribution in [-0.2, 0) is 14.3 Å². The summed E-state index contributed by atoms with van der Waals surface area (Å²) in [6, 6.07) is 12.3. The number of hydrogen-bond donors (Lipinski definition) is 2. The van der Waals surface area contributed by atoms with Crippen LogP contribution in [-0.4, -0.2) is 34.6 Å². The van der Waals surface area contributed by atoms with Crippen LogP contribution in [0.2, 0.25) is 0 Å². The Morgan fingerprint density at radius 2 is 1.70 bits per heavy atom. The average Bonchev–Trinajstić information content (AvgIpc) is 2.73. The zero-order valence-electron chi connectivity index (χ0n) is 19.8. The van der Waals surface area contributed by atoms with Gasteiger partial charge in [0.25, 0.3) is 11.5 Å². The topological polar surface area (TPSA) is 97.5 Å². The Kier molecular flexibility index (Phi) is 6.91. The number of nitrogens with one attached hydrogen (secondary N) is 2. The molecule has 2 atom stereocenters. The minimum Gasteiger partial charge on any atom is -0.481 e. The molecule has 174 valence electrons. The van der Waals surface area contributed by atoms with Gasteiger partial charge in [-0.2, -0.15) is 0 Å². The summed E-state index contributed by atoms with van der Waals surface area (Å²) in [5.74, 6) is -0.609. The Hall–Kier alpha value is -3.61. The fourth-order valence-electron chi connectivity index (χ4n) is 3.45. The van der Waals surface area contributed by atoms with Gasteiger partial charge in [-0.1, -0.05) is 24.3 Å². The minimum absolute atomic E-state index is 0.247. The molecule has 0 unspecified atom stereocenters. The van der Waals surface area contributed by atoms with E-state index in [1.807, 2.05) is 37.3 Å². The number of rotatable bonds is 6. The maximum absolute atomic E-state index is 12.5. The molecule has 7 heteroatoms. The van der Waals surface area contributed by atoms with Crippen LogP contribution in [0.1, 0.15) is 40.2 Å². The number of hydrogen-bond acceptors (Lipinski definition) is 5. The Morgan fingerprint density at radius 1 is 1.00 bits per heavy atom. The van der Waals surface area contributed by atoms with Crippen molar-refractivity contribution >= 4 is 22.6 Å². The van der Waals surface area contributed by atoms with Crippen molar-refractivity contribution in [3.8, 4) is 16.9 Å². The van der Waals surface area contributed by atoms with Crippen LogP contribution >= 0.6 is 0 Å². The molecule has 0 spiro atoms. The fourth-order valence-corrected chi connectivity index (χ4v) is 3.45. The summed E-state index contributed by atoms with van der Waals surface area (Å²) in [6.07, 6.45) is 0.827. The molecule has 0 fully saturated rings. The van der Waals surface area contributed by atoms with E-state index >= 15 is 0 Å². The molecule has 1 aromatic heterocycles. The standard InChI is InChI=1S/C26H30N2O5/c1-15-9-7-8-10-19(15)22-14-27-24(30)21-13-18(11-12-20(21)22)32-17(3)23(29)28-16(2)25(31)33-26(4,5)6/h7-14,16-17H,1-6H3,(H,27,30)(H,28,29)/t16-,17+/m0/s1. The Labute approximate surface area is 193 Å². The summed E-state index contributed by atoms with van der Waals surface area (Å²) in [4.78, 5) is 39.9. The summed E-state index contributed by atoms with van der Waals surface area (Å²) in [7, 11) is 0. The number of carbonyl (C=O) groups excluding carboxylic acids is 2. The van der Waals surface area contributed by atoms with Crippen LogP contribution in [0, 0.1) is 6.92 Å². The van der Waals surface area contributed by atoms with Gasteiger partial charge in [0.1, 0.15) is 17.4 Å².